The second kappa shape index (κ2) is 8.43. The lowest BCUT2D eigenvalue weighted by molar-refractivity contribution is 0.0266. The van der Waals surface area contributed by atoms with Gasteiger partial charge in [0.25, 0.3) is 5.56 Å². The van der Waals surface area contributed by atoms with Crippen molar-refractivity contribution in [1.29, 1.82) is 0 Å². The Balaban J connectivity index is 1.73. The van der Waals surface area contributed by atoms with E-state index in [0.717, 1.165) is 11.8 Å². The molecule has 0 bridgehead atoms. The quantitative estimate of drug-likeness (QED) is 0.491. The van der Waals surface area contributed by atoms with Crippen LogP contribution in [0.3, 0.4) is 0 Å². The average molecular weight is 471 g/mol. The molecule has 4 rings (SSSR count). The lowest BCUT2D eigenvalue weighted by atomic mass is 9.40. The van der Waals surface area contributed by atoms with Gasteiger partial charge < -0.3 is 10.4 Å². The van der Waals surface area contributed by atoms with Crippen LogP contribution in [0, 0.1) is 0 Å². The molecule has 0 amide bonds. The molecular formula is C20H32B3N5O4S. The number of rotatable bonds is 5. The number of hydrogen-bond acceptors (Lipinski definition) is 7. The Bertz CT molecular complexity index is 1220. The van der Waals surface area contributed by atoms with Crippen molar-refractivity contribution in [2.24, 2.45) is 0 Å². The fourth-order valence-electron chi connectivity index (χ4n) is 5.07. The van der Waals surface area contributed by atoms with Gasteiger partial charge in [0.05, 0.1) is 41.4 Å². The Morgan fingerprint density at radius 3 is 2.45 bits per heavy atom. The van der Waals surface area contributed by atoms with Crippen LogP contribution in [0.1, 0.15) is 50.6 Å². The highest BCUT2D eigenvalue weighted by atomic mass is 32.2. The zero-order chi connectivity index (χ0) is 24.2. The van der Waals surface area contributed by atoms with E-state index in [9.17, 15) is 18.3 Å². The summed E-state index contributed by atoms with van der Waals surface area (Å²) in [6, 6.07) is 1.56. The van der Waals surface area contributed by atoms with E-state index in [4.69, 9.17) is 4.98 Å². The van der Waals surface area contributed by atoms with Crippen molar-refractivity contribution in [2.45, 2.75) is 61.8 Å². The predicted molar refractivity (Wildman–Crippen MR) is 138 cm³/mol. The Morgan fingerprint density at radius 2 is 1.91 bits per heavy atom. The molecule has 2 fully saturated rings. The minimum atomic E-state index is -3.19. The molecule has 2 aromatic heterocycles. The Hall–Kier alpha value is -1.85. The van der Waals surface area contributed by atoms with Gasteiger partial charge in [-0.3, -0.25) is 9.36 Å². The highest BCUT2D eigenvalue weighted by molar-refractivity contribution is 7.88. The molecule has 1 saturated carbocycles. The van der Waals surface area contributed by atoms with Gasteiger partial charge >= 0.3 is 0 Å². The molecule has 176 valence electrons. The summed E-state index contributed by atoms with van der Waals surface area (Å²) in [6.07, 6.45) is 6.47. The van der Waals surface area contributed by atoms with E-state index >= 15 is 0 Å². The van der Waals surface area contributed by atoms with E-state index in [1.54, 1.807) is 17.7 Å². The van der Waals surface area contributed by atoms with Gasteiger partial charge in [-0.1, -0.05) is 5.11 Å². The molecule has 2 aliphatic rings. The maximum absolute atomic E-state index is 13.6. The molecule has 2 N–H and O–H groups in total. The number of piperidine rings is 1. The first-order chi connectivity index (χ1) is 15.3. The first-order valence-corrected chi connectivity index (χ1v) is 13.5. The van der Waals surface area contributed by atoms with E-state index in [1.807, 2.05) is 29.6 Å². The number of aromatic nitrogens is 3. The highest BCUT2D eigenvalue weighted by Crippen LogP contribution is 2.39. The van der Waals surface area contributed by atoms with Crippen LogP contribution in [0.25, 0.3) is 11.0 Å². The molecule has 0 unspecified atom stereocenters. The van der Waals surface area contributed by atoms with Gasteiger partial charge in [0.15, 0.2) is 0 Å². The molecule has 1 aliphatic heterocycles. The van der Waals surface area contributed by atoms with Gasteiger partial charge in [-0.15, -0.1) is 0 Å². The molecule has 13 heteroatoms. The van der Waals surface area contributed by atoms with Gasteiger partial charge in [-0.05, 0) is 45.1 Å². The van der Waals surface area contributed by atoms with Crippen LogP contribution in [0.2, 0.25) is 0 Å². The smallest absolute Gasteiger partial charge is 0.254 e. The average Bonchev–Trinajstić information content (AvgIpc) is 3.05. The Labute approximate surface area is 197 Å². The van der Waals surface area contributed by atoms with Gasteiger partial charge in [0, 0.05) is 36.3 Å². The van der Waals surface area contributed by atoms with Crippen molar-refractivity contribution < 1.29 is 13.5 Å². The summed E-state index contributed by atoms with van der Waals surface area (Å²) in [4.78, 5) is 22.9. The second-order valence-corrected chi connectivity index (χ2v) is 12.8. The van der Waals surface area contributed by atoms with Gasteiger partial charge in [-0.2, -0.15) is 4.98 Å². The zero-order valence-electron chi connectivity index (χ0n) is 20.1. The SMILES string of the molecule is BC(B)(B)c1cc2cnc(NC3CCN(S(C)(=O)=O)CC3)nc2n([C@@H]2CCC[C@@]2(C)O)c1=O. The maximum atomic E-state index is 13.6. The molecule has 0 radical (unpaired) electrons. The number of hydrogen-bond donors (Lipinski definition) is 2. The number of anilines is 1. The van der Waals surface area contributed by atoms with E-state index < -0.39 is 15.6 Å². The molecular weight excluding hydrogens is 439 g/mol. The molecule has 2 aromatic rings. The lowest BCUT2D eigenvalue weighted by Crippen LogP contribution is -2.43. The topological polar surface area (TPSA) is 117 Å². The fraction of sp³-hybridized carbons (Fsp3) is 0.650. The summed E-state index contributed by atoms with van der Waals surface area (Å²) in [7, 11) is 2.83. The Morgan fingerprint density at radius 1 is 1.24 bits per heavy atom. The van der Waals surface area contributed by atoms with Crippen molar-refractivity contribution in [3.05, 3.63) is 28.2 Å². The lowest BCUT2D eigenvalue weighted by Gasteiger charge is -2.31. The molecule has 2 atom stereocenters. The van der Waals surface area contributed by atoms with Crippen LogP contribution < -0.4 is 10.9 Å². The molecule has 9 nitrogen and oxygen atoms in total. The van der Waals surface area contributed by atoms with Crippen molar-refractivity contribution in [3.63, 3.8) is 0 Å². The number of sulfonamides is 1. The predicted octanol–water partition coefficient (Wildman–Crippen LogP) is -1.89. The minimum Gasteiger partial charge on any atom is -0.388 e. The number of nitrogens with zero attached hydrogens (tertiary/aromatic N) is 4. The van der Waals surface area contributed by atoms with E-state index in [-0.39, 0.29) is 22.8 Å². The van der Waals surface area contributed by atoms with Crippen molar-refractivity contribution in [3.8, 4) is 0 Å². The van der Waals surface area contributed by atoms with Crippen molar-refractivity contribution in [1.82, 2.24) is 18.8 Å². The number of fused-ring (bicyclic) bond motifs is 1. The van der Waals surface area contributed by atoms with Crippen LogP contribution in [-0.2, 0) is 15.1 Å². The summed E-state index contributed by atoms with van der Waals surface area (Å²) in [5.74, 6) is 0.412. The summed E-state index contributed by atoms with van der Waals surface area (Å²) < 4.78 is 26.7. The van der Waals surface area contributed by atoms with E-state index in [1.165, 1.54) is 10.6 Å². The summed E-state index contributed by atoms with van der Waals surface area (Å²) in [5.41, 5.74) is 0.0965. The normalized spacial score (nSPS) is 25.5. The van der Waals surface area contributed by atoms with Gasteiger partial charge in [-0.25, -0.2) is 17.7 Å². The monoisotopic (exact) mass is 471 g/mol. The minimum absolute atomic E-state index is 0.0454. The summed E-state index contributed by atoms with van der Waals surface area (Å²) in [5, 5.41) is 14.8. The van der Waals surface area contributed by atoms with Crippen LogP contribution in [0.4, 0.5) is 5.95 Å². The molecule has 1 saturated heterocycles. The maximum Gasteiger partial charge on any atom is 0.254 e. The number of pyridine rings is 1. The molecule has 0 spiro atoms. The van der Waals surface area contributed by atoms with Crippen LogP contribution in [-0.4, -0.2) is 86.9 Å². The summed E-state index contributed by atoms with van der Waals surface area (Å²) >= 11 is 0. The molecule has 33 heavy (non-hydrogen) atoms. The first kappa shape index (κ1) is 24.3. The molecule has 1 aliphatic carbocycles. The number of aliphatic hydroxyl groups is 1. The number of nitrogens with one attached hydrogen (secondary N) is 1. The van der Waals surface area contributed by atoms with Gasteiger partial charge in [0.2, 0.25) is 16.0 Å². The first-order valence-electron chi connectivity index (χ1n) is 11.6. The third-order valence-corrected chi connectivity index (χ3v) is 8.33. The van der Waals surface area contributed by atoms with Gasteiger partial charge in [0.1, 0.15) is 5.65 Å². The third-order valence-electron chi connectivity index (χ3n) is 7.03. The highest BCUT2D eigenvalue weighted by Gasteiger charge is 2.40. The van der Waals surface area contributed by atoms with E-state index in [2.05, 4.69) is 10.3 Å². The molecule has 3 heterocycles. The Kier molecular flexibility index (Phi) is 6.20. The van der Waals surface area contributed by atoms with Crippen LogP contribution in [0.15, 0.2) is 17.1 Å². The zero-order valence-corrected chi connectivity index (χ0v) is 20.9. The second-order valence-electron chi connectivity index (χ2n) is 10.8. The van der Waals surface area contributed by atoms with E-state index in [0.29, 0.717) is 55.9 Å². The van der Waals surface area contributed by atoms with Crippen molar-refractivity contribution in [2.75, 3.05) is 24.7 Å². The third kappa shape index (κ3) is 4.86. The largest absolute Gasteiger partial charge is 0.388 e. The van der Waals surface area contributed by atoms with Crippen molar-refractivity contribution >= 4 is 50.5 Å². The van der Waals surface area contributed by atoms with Crippen LogP contribution in [0.5, 0.6) is 0 Å². The van der Waals surface area contributed by atoms with Crippen LogP contribution >= 0.6 is 0 Å². The standard InChI is InChI=1S/C20H32B3N5O4S/c1-19(30)7-3-4-15(19)28-16-12(10-14(17(28)29)20(21,22)23)11-24-18(26-16)25-13-5-8-27(9-6-13)33(2,31)32/h10-11,13,15,30H,3-9,21-23H2,1-2H3,(H,24,25,26)/t15-,19-/m1/s1. The fourth-order valence-corrected chi connectivity index (χ4v) is 5.94. The summed E-state index contributed by atoms with van der Waals surface area (Å²) in [6.45, 7) is 2.70. The molecule has 0 aromatic carbocycles.